The van der Waals surface area contributed by atoms with Crippen molar-refractivity contribution in [3.63, 3.8) is 0 Å². The molecule has 0 atom stereocenters. The van der Waals surface area contributed by atoms with Gasteiger partial charge in [-0.3, -0.25) is 10.1 Å². The van der Waals surface area contributed by atoms with Crippen LogP contribution in [0.4, 0.5) is 4.79 Å². The number of nitrogens with one attached hydrogen (secondary N) is 2. The van der Waals surface area contributed by atoms with Crippen LogP contribution in [0.2, 0.25) is 0 Å². The molecule has 24 heavy (non-hydrogen) atoms. The number of imide groups is 1. The maximum atomic E-state index is 12.9. The lowest BCUT2D eigenvalue weighted by atomic mass is 9.72. The molecule has 0 radical (unpaired) electrons. The fourth-order valence-corrected chi connectivity index (χ4v) is 4.40. The molecule has 3 amide bonds. The van der Waals surface area contributed by atoms with E-state index in [1.165, 1.54) is 16.9 Å². The van der Waals surface area contributed by atoms with Gasteiger partial charge in [-0.1, -0.05) is 49.6 Å². The minimum atomic E-state index is -0.628. The van der Waals surface area contributed by atoms with Gasteiger partial charge in [-0.05, 0) is 37.7 Å². The van der Waals surface area contributed by atoms with Gasteiger partial charge in [0.25, 0.3) is 5.91 Å². The van der Waals surface area contributed by atoms with Crippen molar-refractivity contribution < 1.29 is 9.59 Å². The number of benzene rings is 1. The maximum Gasteiger partial charge on any atom is 0.326 e. The average molecular weight is 327 g/mol. The van der Waals surface area contributed by atoms with E-state index < -0.39 is 5.54 Å². The van der Waals surface area contributed by atoms with Gasteiger partial charge in [-0.15, -0.1) is 0 Å². The van der Waals surface area contributed by atoms with Crippen molar-refractivity contribution in [3.8, 4) is 0 Å². The Morgan fingerprint density at radius 2 is 1.67 bits per heavy atom. The van der Waals surface area contributed by atoms with Crippen LogP contribution in [0.25, 0.3) is 0 Å². The molecule has 1 spiro atoms. The minimum absolute atomic E-state index is 0.0396. The molecule has 0 aromatic heterocycles. The van der Waals surface area contributed by atoms with Gasteiger partial charge in [0.1, 0.15) is 5.54 Å². The maximum absolute atomic E-state index is 12.9. The van der Waals surface area contributed by atoms with Crippen molar-refractivity contribution in [2.24, 2.45) is 0 Å². The van der Waals surface area contributed by atoms with Crippen LogP contribution in [0.15, 0.2) is 30.3 Å². The number of nitrogens with zero attached hydrogens (tertiary/aromatic N) is 1. The number of rotatable bonds is 4. The van der Waals surface area contributed by atoms with Gasteiger partial charge in [0.05, 0.1) is 6.67 Å². The first-order valence-corrected chi connectivity index (χ1v) is 9.10. The monoisotopic (exact) mass is 327 g/mol. The quantitative estimate of drug-likeness (QED) is 0.836. The lowest BCUT2D eigenvalue weighted by molar-refractivity contribution is -0.133. The van der Waals surface area contributed by atoms with Crippen LogP contribution in [-0.2, 0) is 10.3 Å². The summed E-state index contributed by atoms with van der Waals surface area (Å²) in [6, 6.07) is 10.1. The Morgan fingerprint density at radius 1 is 0.958 bits per heavy atom. The second-order valence-corrected chi connectivity index (χ2v) is 7.44. The van der Waals surface area contributed by atoms with E-state index in [4.69, 9.17) is 0 Å². The van der Waals surface area contributed by atoms with Crippen molar-refractivity contribution in [1.82, 2.24) is 15.5 Å². The summed E-state index contributed by atoms with van der Waals surface area (Å²) in [5.41, 5.74) is 0.524. The molecule has 1 aliphatic heterocycles. The van der Waals surface area contributed by atoms with Gasteiger partial charge in [0, 0.05) is 5.54 Å². The molecular formula is C19H25N3O2. The van der Waals surface area contributed by atoms with Crippen LogP contribution in [0.5, 0.6) is 0 Å². The largest absolute Gasteiger partial charge is 0.326 e. The highest BCUT2D eigenvalue weighted by molar-refractivity contribution is 6.07. The molecule has 1 aromatic carbocycles. The van der Waals surface area contributed by atoms with Gasteiger partial charge >= 0.3 is 6.03 Å². The zero-order valence-corrected chi connectivity index (χ0v) is 14.0. The van der Waals surface area contributed by atoms with Crippen LogP contribution in [0.3, 0.4) is 0 Å². The van der Waals surface area contributed by atoms with Crippen LogP contribution >= 0.6 is 0 Å². The minimum Gasteiger partial charge on any atom is -0.323 e. The summed E-state index contributed by atoms with van der Waals surface area (Å²) in [7, 11) is 0. The Morgan fingerprint density at radius 3 is 2.29 bits per heavy atom. The molecule has 5 heteroatoms. The van der Waals surface area contributed by atoms with Crippen molar-refractivity contribution >= 4 is 11.9 Å². The Bertz CT molecular complexity index is 633. The van der Waals surface area contributed by atoms with Crippen LogP contribution in [-0.4, -0.2) is 29.0 Å². The van der Waals surface area contributed by atoms with E-state index in [-0.39, 0.29) is 17.5 Å². The highest BCUT2D eigenvalue weighted by Gasteiger charge is 2.51. The molecule has 2 aliphatic carbocycles. The van der Waals surface area contributed by atoms with Gasteiger partial charge in [-0.2, -0.15) is 0 Å². The molecule has 1 heterocycles. The number of hydrogen-bond donors (Lipinski definition) is 2. The summed E-state index contributed by atoms with van der Waals surface area (Å²) in [5.74, 6) is -0.0396. The third-order valence-electron chi connectivity index (χ3n) is 6.06. The SMILES string of the molecule is O=C1NC2(CCCCC2)C(=O)N1CNC1(c2ccccc2)CCC1. The molecule has 0 unspecified atom stereocenters. The molecule has 128 valence electrons. The van der Waals surface area contributed by atoms with E-state index >= 15 is 0 Å². The zero-order chi connectivity index (χ0) is 16.6. The van der Waals surface area contributed by atoms with E-state index in [0.717, 1.165) is 44.9 Å². The zero-order valence-electron chi connectivity index (χ0n) is 14.0. The predicted molar refractivity (Wildman–Crippen MR) is 91.2 cm³/mol. The standard InChI is InChI=1S/C19H25N3O2/c23-16-19(10-5-2-6-11-19)21-17(24)22(16)14-20-18(12-7-13-18)15-8-3-1-4-9-15/h1,3-4,8-9,20H,2,5-7,10-14H2,(H,21,24). The average Bonchev–Trinajstić information content (AvgIpc) is 2.79. The number of amides is 3. The molecule has 2 N–H and O–H groups in total. The van der Waals surface area contributed by atoms with Crippen molar-refractivity contribution in [2.45, 2.75) is 62.4 Å². The summed E-state index contributed by atoms with van der Waals surface area (Å²) >= 11 is 0. The fourth-order valence-electron chi connectivity index (χ4n) is 4.40. The van der Waals surface area contributed by atoms with Crippen molar-refractivity contribution in [1.29, 1.82) is 0 Å². The highest BCUT2D eigenvalue weighted by Crippen LogP contribution is 2.41. The Labute approximate surface area is 142 Å². The van der Waals surface area contributed by atoms with E-state index in [2.05, 4.69) is 22.8 Å². The van der Waals surface area contributed by atoms with Crippen LogP contribution in [0.1, 0.15) is 56.9 Å². The molecule has 4 rings (SSSR count). The Kier molecular flexibility index (Phi) is 3.83. The van der Waals surface area contributed by atoms with E-state index in [1.807, 2.05) is 18.2 Å². The lowest BCUT2D eigenvalue weighted by Gasteiger charge is -2.44. The summed E-state index contributed by atoms with van der Waals surface area (Å²) in [6.45, 7) is 0.293. The van der Waals surface area contributed by atoms with Gasteiger partial charge in [0.2, 0.25) is 0 Å². The van der Waals surface area contributed by atoms with Gasteiger partial charge in [0.15, 0.2) is 0 Å². The lowest BCUT2D eigenvalue weighted by Crippen LogP contribution is -2.54. The molecule has 0 bridgehead atoms. The number of urea groups is 1. The number of carbonyl (C=O) groups is 2. The molecule has 1 aromatic rings. The topological polar surface area (TPSA) is 61.4 Å². The molecule has 1 saturated heterocycles. The van der Waals surface area contributed by atoms with E-state index in [9.17, 15) is 9.59 Å². The third kappa shape index (κ3) is 2.42. The van der Waals surface area contributed by atoms with Crippen LogP contribution < -0.4 is 10.6 Å². The molecule has 2 saturated carbocycles. The number of hydrogen-bond acceptors (Lipinski definition) is 3. The summed E-state index contributed by atoms with van der Waals surface area (Å²) in [4.78, 5) is 26.6. The summed E-state index contributed by atoms with van der Waals surface area (Å²) in [5, 5.41) is 6.50. The smallest absolute Gasteiger partial charge is 0.323 e. The Balaban J connectivity index is 1.47. The molecular weight excluding hydrogens is 302 g/mol. The predicted octanol–water partition coefficient (Wildman–Crippen LogP) is 2.87. The van der Waals surface area contributed by atoms with Gasteiger partial charge in [-0.25, -0.2) is 9.69 Å². The van der Waals surface area contributed by atoms with Crippen LogP contribution in [0, 0.1) is 0 Å². The van der Waals surface area contributed by atoms with Crippen molar-refractivity contribution in [2.75, 3.05) is 6.67 Å². The summed E-state index contributed by atoms with van der Waals surface area (Å²) in [6.07, 6.45) is 8.00. The van der Waals surface area contributed by atoms with Gasteiger partial charge < -0.3 is 5.32 Å². The first-order valence-electron chi connectivity index (χ1n) is 9.10. The normalized spacial score (nSPS) is 24.8. The fraction of sp³-hybridized carbons (Fsp3) is 0.579. The first-order chi connectivity index (χ1) is 11.7. The summed E-state index contributed by atoms with van der Waals surface area (Å²) < 4.78 is 0. The number of carbonyl (C=O) groups excluding carboxylic acids is 2. The second-order valence-electron chi connectivity index (χ2n) is 7.44. The molecule has 3 fully saturated rings. The van der Waals surface area contributed by atoms with E-state index in [1.54, 1.807) is 0 Å². The van der Waals surface area contributed by atoms with Crippen molar-refractivity contribution in [3.05, 3.63) is 35.9 Å². The molecule has 5 nitrogen and oxygen atoms in total. The second kappa shape index (κ2) is 5.88. The highest BCUT2D eigenvalue weighted by atomic mass is 16.2. The third-order valence-corrected chi connectivity index (χ3v) is 6.06. The van der Waals surface area contributed by atoms with E-state index in [0.29, 0.717) is 6.67 Å². The Hall–Kier alpha value is -1.88. The first kappa shape index (κ1) is 15.6. The molecule has 3 aliphatic rings.